The molecule has 2 aromatic carbocycles. The molecule has 1 aliphatic heterocycles. The summed E-state index contributed by atoms with van der Waals surface area (Å²) in [7, 11) is 0. The van der Waals surface area contributed by atoms with Crippen LogP contribution in [0.1, 0.15) is 38.7 Å². The van der Waals surface area contributed by atoms with E-state index in [1.165, 1.54) is 35.6 Å². The Kier molecular flexibility index (Phi) is 4.60. The van der Waals surface area contributed by atoms with Crippen LogP contribution >= 0.6 is 11.3 Å². The summed E-state index contributed by atoms with van der Waals surface area (Å²) in [4.78, 5) is 25.5. The van der Waals surface area contributed by atoms with Gasteiger partial charge in [0, 0.05) is 18.0 Å². The second-order valence-corrected chi connectivity index (χ2v) is 7.68. The summed E-state index contributed by atoms with van der Waals surface area (Å²) >= 11 is 1.23. The predicted molar refractivity (Wildman–Crippen MR) is 107 cm³/mol. The van der Waals surface area contributed by atoms with Gasteiger partial charge in [-0.15, -0.1) is 11.3 Å². The molecule has 2 amide bonds. The van der Waals surface area contributed by atoms with Crippen LogP contribution in [-0.2, 0) is 4.79 Å². The first kappa shape index (κ1) is 18.2. The van der Waals surface area contributed by atoms with Crippen LogP contribution < -0.4 is 10.6 Å². The van der Waals surface area contributed by atoms with Crippen LogP contribution in [0.15, 0.2) is 48.5 Å². The smallest absolute Gasteiger partial charge is 0.266 e. The van der Waals surface area contributed by atoms with Crippen LogP contribution in [0.2, 0.25) is 0 Å². The second kappa shape index (κ2) is 7.09. The number of anilines is 2. The molecule has 3 aromatic rings. The Bertz CT molecular complexity index is 1060. The van der Waals surface area contributed by atoms with E-state index in [1.807, 2.05) is 6.92 Å². The highest BCUT2D eigenvalue weighted by molar-refractivity contribution is 7.18. The minimum absolute atomic E-state index is 0.114. The number of hydrogen-bond acceptors (Lipinski definition) is 4. The van der Waals surface area contributed by atoms with Crippen LogP contribution in [0, 0.1) is 12.7 Å². The molecule has 1 aliphatic rings. The van der Waals surface area contributed by atoms with Crippen LogP contribution in [0.4, 0.5) is 15.1 Å². The average Bonchev–Trinajstić information content (AvgIpc) is 3.00. The van der Waals surface area contributed by atoms with Gasteiger partial charge in [0.25, 0.3) is 5.91 Å². The maximum Gasteiger partial charge on any atom is 0.266 e. The Balaban J connectivity index is 1.69. The van der Waals surface area contributed by atoms with E-state index < -0.39 is 0 Å². The SMILES string of the molecule is Cc1c(C(=O)Nc2ccc(F)cc2)sc2c1C(c1ccc(O)cc1)CC(=O)N2. The van der Waals surface area contributed by atoms with Crippen molar-refractivity contribution in [2.45, 2.75) is 19.3 Å². The molecule has 0 spiro atoms. The molecule has 0 radical (unpaired) electrons. The number of halogens is 1. The lowest BCUT2D eigenvalue weighted by atomic mass is 9.85. The third-order valence-electron chi connectivity index (χ3n) is 4.79. The Hall–Kier alpha value is -3.19. The molecular formula is C21H17FN2O3S. The number of phenols is 1. The van der Waals surface area contributed by atoms with Crippen molar-refractivity contribution in [3.05, 3.63) is 75.9 Å². The van der Waals surface area contributed by atoms with Crippen LogP contribution in [0.25, 0.3) is 0 Å². The van der Waals surface area contributed by atoms with Gasteiger partial charge in [-0.2, -0.15) is 0 Å². The number of thiophene rings is 1. The number of fused-ring (bicyclic) bond motifs is 1. The normalized spacial score (nSPS) is 15.6. The molecule has 7 heteroatoms. The van der Waals surface area contributed by atoms with Crippen molar-refractivity contribution >= 4 is 33.8 Å². The van der Waals surface area contributed by atoms with Gasteiger partial charge in [-0.1, -0.05) is 12.1 Å². The highest BCUT2D eigenvalue weighted by Gasteiger charge is 2.32. The Labute approximate surface area is 164 Å². The summed E-state index contributed by atoms with van der Waals surface area (Å²) in [5, 5.41) is 15.8. The van der Waals surface area contributed by atoms with Crippen molar-refractivity contribution < 1.29 is 19.1 Å². The number of nitrogens with one attached hydrogen (secondary N) is 2. The Morgan fingerprint density at radius 3 is 2.54 bits per heavy atom. The largest absolute Gasteiger partial charge is 0.508 e. The highest BCUT2D eigenvalue weighted by atomic mass is 32.1. The van der Waals surface area contributed by atoms with Gasteiger partial charge in [-0.3, -0.25) is 9.59 Å². The van der Waals surface area contributed by atoms with Gasteiger partial charge in [-0.05, 0) is 60.0 Å². The molecule has 142 valence electrons. The molecule has 0 bridgehead atoms. The summed E-state index contributed by atoms with van der Waals surface area (Å²) in [5.74, 6) is -0.821. The van der Waals surface area contributed by atoms with Gasteiger partial charge in [0.1, 0.15) is 11.6 Å². The number of hydrogen-bond donors (Lipinski definition) is 3. The standard InChI is InChI=1S/C21H17FN2O3S/c1-11-18-16(12-2-8-15(25)9-3-12)10-17(26)24-21(18)28-19(11)20(27)23-14-6-4-13(22)5-7-14/h2-9,16,25H,10H2,1H3,(H,23,27)(H,24,26). The summed E-state index contributed by atoms with van der Waals surface area (Å²) in [6.45, 7) is 1.86. The van der Waals surface area contributed by atoms with E-state index >= 15 is 0 Å². The number of amides is 2. The van der Waals surface area contributed by atoms with Gasteiger partial charge >= 0.3 is 0 Å². The fourth-order valence-electron chi connectivity index (χ4n) is 3.43. The van der Waals surface area contributed by atoms with Gasteiger partial charge in [0.05, 0.1) is 9.88 Å². The molecule has 1 unspecified atom stereocenters. The number of benzene rings is 2. The maximum atomic E-state index is 13.1. The number of carbonyl (C=O) groups excluding carboxylic acids is 2. The zero-order chi connectivity index (χ0) is 19.8. The second-order valence-electron chi connectivity index (χ2n) is 6.66. The molecule has 0 fully saturated rings. The van der Waals surface area contributed by atoms with Crippen molar-refractivity contribution in [1.29, 1.82) is 0 Å². The molecule has 28 heavy (non-hydrogen) atoms. The van der Waals surface area contributed by atoms with E-state index in [0.717, 1.165) is 16.7 Å². The van der Waals surface area contributed by atoms with E-state index in [4.69, 9.17) is 0 Å². The molecule has 4 rings (SSSR count). The molecule has 3 N–H and O–H groups in total. The van der Waals surface area contributed by atoms with Crippen LogP contribution in [0.3, 0.4) is 0 Å². The zero-order valence-corrected chi connectivity index (χ0v) is 15.8. The molecule has 2 heterocycles. The Morgan fingerprint density at radius 1 is 1.18 bits per heavy atom. The number of rotatable bonds is 3. The van der Waals surface area contributed by atoms with Gasteiger partial charge < -0.3 is 15.7 Å². The van der Waals surface area contributed by atoms with E-state index in [-0.39, 0.29) is 35.7 Å². The van der Waals surface area contributed by atoms with Crippen LogP contribution in [0.5, 0.6) is 5.75 Å². The molecular weight excluding hydrogens is 379 g/mol. The van der Waals surface area contributed by atoms with Crippen molar-refractivity contribution in [2.24, 2.45) is 0 Å². The van der Waals surface area contributed by atoms with Crippen LogP contribution in [-0.4, -0.2) is 16.9 Å². The van der Waals surface area contributed by atoms with E-state index in [9.17, 15) is 19.1 Å². The minimum atomic E-state index is -0.375. The van der Waals surface area contributed by atoms with E-state index in [2.05, 4.69) is 10.6 Å². The topological polar surface area (TPSA) is 78.4 Å². The van der Waals surface area contributed by atoms with E-state index in [1.54, 1.807) is 24.3 Å². The molecule has 1 atom stereocenters. The first-order valence-corrected chi connectivity index (χ1v) is 9.53. The molecule has 0 aliphatic carbocycles. The maximum absolute atomic E-state index is 13.1. The van der Waals surface area contributed by atoms with E-state index in [0.29, 0.717) is 15.6 Å². The fourth-order valence-corrected chi connectivity index (χ4v) is 4.61. The average molecular weight is 396 g/mol. The quantitative estimate of drug-likeness (QED) is 0.604. The molecule has 0 saturated carbocycles. The first-order valence-electron chi connectivity index (χ1n) is 8.71. The lowest BCUT2D eigenvalue weighted by Gasteiger charge is -2.24. The van der Waals surface area contributed by atoms with Gasteiger partial charge in [0.2, 0.25) is 5.91 Å². The van der Waals surface area contributed by atoms with Crippen molar-refractivity contribution in [3.63, 3.8) is 0 Å². The van der Waals surface area contributed by atoms with Crippen molar-refractivity contribution in [2.75, 3.05) is 10.6 Å². The Morgan fingerprint density at radius 2 is 1.86 bits per heavy atom. The van der Waals surface area contributed by atoms with Crippen molar-refractivity contribution in [1.82, 2.24) is 0 Å². The molecule has 1 aromatic heterocycles. The predicted octanol–water partition coefficient (Wildman–Crippen LogP) is 4.63. The summed E-state index contributed by atoms with van der Waals surface area (Å²) in [5.41, 5.74) is 3.12. The minimum Gasteiger partial charge on any atom is -0.508 e. The van der Waals surface area contributed by atoms with Gasteiger partial charge in [0.15, 0.2) is 0 Å². The fraction of sp³-hybridized carbons (Fsp3) is 0.143. The summed E-state index contributed by atoms with van der Waals surface area (Å²) < 4.78 is 13.1. The number of phenolic OH excluding ortho intramolecular Hbond substituents is 1. The molecule has 0 saturated heterocycles. The highest BCUT2D eigenvalue weighted by Crippen LogP contribution is 2.45. The lowest BCUT2D eigenvalue weighted by Crippen LogP contribution is -2.22. The summed E-state index contributed by atoms with van der Waals surface area (Å²) in [6.07, 6.45) is 0.272. The first-order chi connectivity index (χ1) is 13.4. The van der Waals surface area contributed by atoms with Crippen molar-refractivity contribution in [3.8, 4) is 5.75 Å². The monoisotopic (exact) mass is 396 g/mol. The number of carbonyl (C=O) groups is 2. The third kappa shape index (κ3) is 3.36. The molecule has 5 nitrogen and oxygen atoms in total. The van der Waals surface area contributed by atoms with Gasteiger partial charge in [-0.25, -0.2) is 4.39 Å². The third-order valence-corrected chi connectivity index (χ3v) is 6.01. The zero-order valence-electron chi connectivity index (χ0n) is 15.0. The number of aromatic hydroxyl groups is 1. The summed E-state index contributed by atoms with van der Waals surface area (Å²) in [6, 6.07) is 12.3. The lowest BCUT2D eigenvalue weighted by molar-refractivity contribution is -0.116.